The van der Waals surface area contributed by atoms with Gasteiger partial charge in [0.15, 0.2) is 11.5 Å². The number of fused-ring (bicyclic) bond motifs is 1. The number of aromatic hydroxyl groups is 1. The van der Waals surface area contributed by atoms with Crippen LogP contribution in [0.3, 0.4) is 0 Å². The molecule has 7 heteroatoms. The van der Waals surface area contributed by atoms with Gasteiger partial charge in [0, 0.05) is 18.1 Å². The van der Waals surface area contributed by atoms with Crippen molar-refractivity contribution < 1.29 is 24.5 Å². The van der Waals surface area contributed by atoms with Crippen LogP contribution in [0, 0.1) is 16.0 Å². The summed E-state index contributed by atoms with van der Waals surface area (Å²) in [4.78, 5) is 24.5. The SMILES string of the molecule is C[C@@H]1CCC[NH+](Cc2c(O)ccc3c2O/C(=C\c2ccc([N+](=O)[O-])cc2)C3=O)C1. The summed E-state index contributed by atoms with van der Waals surface area (Å²) in [7, 11) is 0. The normalized spacial score (nSPS) is 22.4. The largest absolute Gasteiger partial charge is 0.507 e. The molecule has 2 atom stereocenters. The van der Waals surface area contributed by atoms with Crippen molar-refractivity contribution in [3.8, 4) is 11.5 Å². The Kier molecular flexibility index (Phi) is 5.07. The minimum Gasteiger partial charge on any atom is -0.507 e. The second-order valence-corrected chi connectivity index (χ2v) is 7.86. The van der Waals surface area contributed by atoms with Crippen molar-refractivity contribution >= 4 is 17.5 Å². The van der Waals surface area contributed by atoms with E-state index >= 15 is 0 Å². The molecule has 0 aliphatic carbocycles. The number of nitro groups is 1. The number of carbonyl (C=O) groups excluding carboxylic acids is 1. The first-order chi connectivity index (χ1) is 13.9. The molecular weight excluding hydrogens is 372 g/mol. The van der Waals surface area contributed by atoms with Gasteiger partial charge in [0.25, 0.3) is 5.69 Å². The number of phenols is 1. The van der Waals surface area contributed by atoms with Crippen LogP contribution in [0.5, 0.6) is 11.5 Å². The first-order valence-electron chi connectivity index (χ1n) is 9.79. The van der Waals surface area contributed by atoms with Crippen LogP contribution >= 0.6 is 0 Å². The maximum atomic E-state index is 12.8. The summed E-state index contributed by atoms with van der Waals surface area (Å²) < 4.78 is 5.89. The predicted molar refractivity (Wildman–Crippen MR) is 107 cm³/mol. The van der Waals surface area contributed by atoms with E-state index in [1.165, 1.54) is 23.5 Å². The molecule has 1 fully saturated rings. The van der Waals surface area contributed by atoms with E-state index < -0.39 is 4.92 Å². The number of Topliss-reactive ketones (excluding diaryl/α,β-unsaturated/α-hetero) is 1. The van der Waals surface area contributed by atoms with Gasteiger partial charge in [0.2, 0.25) is 5.78 Å². The number of quaternary nitrogens is 1. The number of carbonyl (C=O) groups is 1. The van der Waals surface area contributed by atoms with E-state index in [9.17, 15) is 20.0 Å². The lowest BCUT2D eigenvalue weighted by atomic mass is 9.99. The standard InChI is InChI=1S/C22H22N2O5/c1-14-3-2-10-23(12-14)13-18-19(25)9-8-17-21(26)20(29-22(17)18)11-15-4-6-16(7-5-15)24(27)28/h4-9,11,14,25H,2-3,10,12-13H2,1H3/p+1/b20-11-/t14-/m1/s1. The zero-order valence-corrected chi connectivity index (χ0v) is 16.2. The highest BCUT2D eigenvalue weighted by molar-refractivity contribution is 6.15. The number of likely N-dealkylation sites (tertiary alicyclic amines) is 1. The van der Waals surface area contributed by atoms with Gasteiger partial charge < -0.3 is 14.7 Å². The van der Waals surface area contributed by atoms with Crippen molar-refractivity contribution in [3.05, 3.63) is 69.0 Å². The van der Waals surface area contributed by atoms with Crippen LogP contribution in [0.2, 0.25) is 0 Å². The molecule has 2 heterocycles. The summed E-state index contributed by atoms with van der Waals surface area (Å²) >= 11 is 0. The molecule has 2 aromatic carbocycles. The summed E-state index contributed by atoms with van der Waals surface area (Å²) in [5.74, 6) is 1.11. The molecule has 0 saturated carbocycles. The second kappa shape index (κ2) is 7.67. The van der Waals surface area contributed by atoms with Crippen LogP contribution in [0.15, 0.2) is 42.2 Å². The Hall–Kier alpha value is -3.19. The molecule has 2 N–H and O–H groups in total. The van der Waals surface area contributed by atoms with Gasteiger partial charge in [0.1, 0.15) is 12.3 Å². The summed E-state index contributed by atoms with van der Waals surface area (Å²) in [6.07, 6.45) is 3.94. The number of non-ortho nitro benzene ring substituents is 1. The Bertz CT molecular complexity index is 997. The number of phenolic OH excluding ortho intramolecular Hbond substituents is 1. The molecule has 0 radical (unpaired) electrons. The molecule has 29 heavy (non-hydrogen) atoms. The fourth-order valence-corrected chi connectivity index (χ4v) is 4.12. The second-order valence-electron chi connectivity index (χ2n) is 7.86. The van der Waals surface area contributed by atoms with Crippen LogP contribution in [-0.4, -0.2) is 28.9 Å². The highest BCUT2D eigenvalue weighted by Gasteiger charge is 2.33. The van der Waals surface area contributed by atoms with Gasteiger partial charge in [-0.15, -0.1) is 0 Å². The lowest BCUT2D eigenvalue weighted by Crippen LogP contribution is -3.12. The molecule has 150 valence electrons. The molecule has 2 aromatic rings. The van der Waals surface area contributed by atoms with E-state index in [4.69, 9.17) is 4.74 Å². The molecule has 0 aromatic heterocycles. The first kappa shape index (κ1) is 19.1. The molecule has 4 rings (SSSR count). The lowest BCUT2D eigenvalue weighted by molar-refractivity contribution is -0.922. The third-order valence-corrected chi connectivity index (χ3v) is 5.61. The maximum absolute atomic E-state index is 12.8. The van der Waals surface area contributed by atoms with Crippen molar-refractivity contribution in [1.82, 2.24) is 0 Å². The highest BCUT2D eigenvalue weighted by atomic mass is 16.6. The van der Waals surface area contributed by atoms with E-state index in [1.54, 1.807) is 30.3 Å². The minimum absolute atomic E-state index is 0.0138. The first-order valence-corrected chi connectivity index (χ1v) is 9.79. The molecule has 1 unspecified atom stereocenters. The molecule has 0 bridgehead atoms. The van der Waals surface area contributed by atoms with Gasteiger partial charge in [-0.25, -0.2) is 0 Å². The fourth-order valence-electron chi connectivity index (χ4n) is 4.12. The molecule has 0 spiro atoms. The Morgan fingerprint density at radius 2 is 2.03 bits per heavy atom. The molecular formula is C22H23N2O5+. The molecule has 2 aliphatic heterocycles. The third kappa shape index (κ3) is 3.86. The number of nitro benzene ring substituents is 1. The zero-order valence-electron chi connectivity index (χ0n) is 16.2. The number of hydrogen-bond donors (Lipinski definition) is 2. The van der Waals surface area contributed by atoms with Crippen molar-refractivity contribution in [3.63, 3.8) is 0 Å². The third-order valence-electron chi connectivity index (χ3n) is 5.61. The number of allylic oxidation sites excluding steroid dienone is 1. The van der Waals surface area contributed by atoms with E-state index in [1.807, 2.05) is 0 Å². The van der Waals surface area contributed by atoms with Gasteiger partial charge in [-0.2, -0.15) is 0 Å². The van der Waals surface area contributed by atoms with Crippen LogP contribution < -0.4 is 9.64 Å². The smallest absolute Gasteiger partial charge is 0.269 e. The Morgan fingerprint density at radius 3 is 2.72 bits per heavy atom. The van der Waals surface area contributed by atoms with E-state index in [0.29, 0.717) is 34.9 Å². The van der Waals surface area contributed by atoms with Crippen LogP contribution in [0.4, 0.5) is 5.69 Å². The van der Waals surface area contributed by atoms with Crippen molar-refractivity contribution in [1.29, 1.82) is 0 Å². The van der Waals surface area contributed by atoms with Gasteiger partial charge >= 0.3 is 0 Å². The number of hydrogen-bond acceptors (Lipinski definition) is 5. The van der Waals surface area contributed by atoms with Crippen molar-refractivity contribution in [2.24, 2.45) is 5.92 Å². The number of nitrogens with zero attached hydrogens (tertiary/aromatic N) is 1. The number of nitrogens with one attached hydrogen (secondary N) is 1. The fraction of sp³-hybridized carbons (Fsp3) is 0.318. The van der Waals surface area contributed by atoms with E-state index in [-0.39, 0.29) is 23.0 Å². The van der Waals surface area contributed by atoms with Crippen molar-refractivity contribution in [2.45, 2.75) is 26.3 Å². The lowest BCUT2D eigenvalue weighted by Gasteiger charge is -2.28. The maximum Gasteiger partial charge on any atom is 0.269 e. The summed E-state index contributed by atoms with van der Waals surface area (Å²) in [6.45, 7) is 4.91. The Balaban J connectivity index is 1.61. The van der Waals surface area contributed by atoms with Gasteiger partial charge in [-0.1, -0.05) is 6.92 Å². The number of benzene rings is 2. The van der Waals surface area contributed by atoms with E-state index in [0.717, 1.165) is 19.5 Å². The number of ketones is 1. The number of ether oxygens (including phenoxy) is 1. The molecule has 7 nitrogen and oxygen atoms in total. The molecule has 0 amide bonds. The van der Waals surface area contributed by atoms with E-state index in [2.05, 4.69) is 6.92 Å². The van der Waals surface area contributed by atoms with Gasteiger partial charge in [-0.05, 0) is 48.7 Å². The summed E-state index contributed by atoms with van der Waals surface area (Å²) in [5.41, 5.74) is 1.72. The van der Waals surface area contributed by atoms with Crippen LogP contribution in [0.1, 0.15) is 41.3 Å². The van der Waals surface area contributed by atoms with Crippen LogP contribution in [0.25, 0.3) is 6.08 Å². The predicted octanol–water partition coefficient (Wildman–Crippen LogP) is 2.73. The summed E-state index contributed by atoms with van der Waals surface area (Å²) in [5, 5.41) is 21.2. The van der Waals surface area contributed by atoms with Crippen molar-refractivity contribution in [2.75, 3.05) is 13.1 Å². The average Bonchev–Trinajstić information content (AvgIpc) is 3.00. The zero-order chi connectivity index (χ0) is 20.5. The monoisotopic (exact) mass is 395 g/mol. The topological polar surface area (TPSA) is 94.1 Å². The van der Waals surface area contributed by atoms with Gasteiger partial charge in [0.05, 0.1) is 29.1 Å². The molecule has 1 saturated heterocycles. The highest BCUT2D eigenvalue weighted by Crippen LogP contribution is 2.39. The minimum atomic E-state index is -0.469. The number of piperidine rings is 1. The average molecular weight is 395 g/mol. The van der Waals surface area contributed by atoms with Gasteiger partial charge in [-0.3, -0.25) is 14.9 Å². The Morgan fingerprint density at radius 1 is 1.28 bits per heavy atom. The molecule has 2 aliphatic rings. The quantitative estimate of drug-likeness (QED) is 0.472. The number of rotatable bonds is 4. The summed E-state index contributed by atoms with van der Waals surface area (Å²) in [6, 6.07) is 9.05. The Labute approximate surface area is 168 Å². The van der Waals surface area contributed by atoms with Crippen LogP contribution in [-0.2, 0) is 6.54 Å².